The molecule has 1 rings (SSSR count). The molecule has 0 aliphatic heterocycles. The number of hydrogen-bond acceptors (Lipinski definition) is 2. The Hall–Kier alpha value is -1.91. The van der Waals surface area contributed by atoms with E-state index in [1.807, 2.05) is 0 Å². The SMILES string of the molecule is CC(C)(C)C(C(=O)O)C(=O)NCc1cccc(F)c1. The van der Waals surface area contributed by atoms with Gasteiger partial charge in [-0.05, 0) is 23.1 Å². The Morgan fingerprint density at radius 1 is 1.37 bits per heavy atom. The van der Waals surface area contributed by atoms with Gasteiger partial charge in [0.15, 0.2) is 0 Å². The first-order valence-corrected chi connectivity index (χ1v) is 5.97. The van der Waals surface area contributed by atoms with Gasteiger partial charge in [0.2, 0.25) is 5.91 Å². The number of aliphatic carboxylic acids is 1. The van der Waals surface area contributed by atoms with Gasteiger partial charge in [-0.2, -0.15) is 0 Å². The van der Waals surface area contributed by atoms with Crippen molar-refractivity contribution in [2.45, 2.75) is 27.3 Å². The van der Waals surface area contributed by atoms with E-state index in [-0.39, 0.29) is 6.54 Å². The van der Waals surface area contributed by atoms with Crippen LogP contribution in [0.5, 0.6) is 0 Å². The molecule has 0 aromatic heterocycles. The summed E-state index contributed by atoms with van der Waals surface area (Å²) in [6.45, 7) is 5.17. The Kier molecular flexibility index (Phi) is 4.64. The number of carboxylic acids is 1. The molecule has 1 unspecified atom stereocenters. The van der Waals surface area contributed by atoms with Crippen LogP contribution in [-0.2, 0) is 16.1 Å². The van der Waals surface area contributed by atoms with Gasteiger partial charge in [0, 0.05) is 6.54 Å². The zero-order valence-corrected chi connectivity index (χ0v) is 11.2. The van der Waals surface area contributed by atoms with Crippen LogP contribution in [0.15, 0.2) is 24.3 Å². The number of carbonyl (C=O) groups is 2. The summed E-state index contributed by atoms with van der Waals surface area (Å²) in [4.78, 5) is 23.0. The van der Waals surface area contributed by atoms with Crippen molar-refractivity contribution >= 4 is 11.9 Å². The predicted octanol–water partition coefficient (Wildman–Crippen LogP) is 2.19. The maximum Gasteiger partial charge on any atom is 0.316 e. The van der Waals surface area contributed by atoms with E-state index in [4.69, 9.17) is 5.11 Å². The third-order valence-electron chi connectivity index (χ3n) is 2.73. The number of carbonyl (C=O) groups excluding carboxylic acids is 1. The summed E-state index contributed by atoms with van der Waals surface area (Å²) in [6, 6.07) is 5.80. The Morgan fingerprint density at radius 2 is 2.00 bits per heavy atom. The lowest BCUT2D eigenvalue weighted by atomic mass is 9.80. The number of halogens is 1. The highest BCUT2D eigenvalue weighted by Gasteiger charge is 2.37. The van der Waals surface area contributed by atoms with Crippen molar-refractivity contribution in [3.63, 3.8) is 0 Å². The van der Waals surface area contributed by atoms with Crippen molar-refractivity contribution < 1.29 is 19.1 Å². The van der Waals surface area contributed by atoms with Crippen molar-refractivity contribution in [2.75, 3.05) is 0 Å². The second-order valence-electron chi connectivity index (χ2n) is 5.49. The van der Waals surface area contributed by atoms with Gasteiger partial charge in [0.1, 0.15) is 11.7 Å². The van der Waals surface area contributed by atoms with Crippen molar-refractivity contribution in [2.24, 2.45) is 11.3 Å². The summed E-state index contributed by atoms with van der Waals surface area (Å²) in [6.07, 6.45) is 0. The topological polar surface area (TPSA) is 66.4 Å². The standard InChI is InChI=1S/C14H18FNO3/c1-14(2,3)11(13(18)19)12(17)16-8-9-5-4-6-10(15)7-9/h4-7,11H,8H2,1-3H3,(H,16,17)(H,18,19). The highest BCUT2D eigenvalue weighted by atomic mass is 19.1. The minimum absolute atomic E-state index is 0.108. The van der Waals surface area contributed by atoms with E-state index < -0.39 is 29.0 Å². The predicted molar refractivity (Wildman–Crippen MR) is 68.8 cm³/mol. The smallest absolute Gasteiger partial charge is 0.316 e. The van der Waals surface area contributed by atoms with E-state index in [1.54, 1.807) is 26.8 Å². The average Bonchev–Trinajstić information content (AvgIpc) is 2.24. The normalized spacial score (nSPS) is 12.8. The largest absolute Gasteiger partial charge is 0.481 e. The lowest BCUT2D eigenvalue weighted by Gasteiger charge is -2.25. The van der Waals surface area contributed by atoms with Crippen LogP contribution in [0.4, 0.5) is 4.39 Å². The van der Waals surface area contributed by atoms with Crippen LogP contribution in [-0.4, -0.2) is 17.0 Å². The van der Waals surface area contributed by atoms with Gasteiger partial charge in [-0.15, -0.1) is 0 Å². The molecule has 0 fully saturated rings. The molecule has 4 nitrogen and oxygen atoms in total. The molecule has 1 aromatic carbocycles. The number of benzene rings is 1. The number of hydrogen-bond donors (Lipinski definition) is 2. The van der Waals surface area contributed by atoms with Crippen LogP contribution >= 0.6 is 0 Å². The van der Waals surface area contributed by atoms with E-state index in [0.29, 0.717) is 5.56 Å². The molecular weight excluding hydrogens is 249 g/mol. The second kappa shape index (κ2) is 5.82. The lowest BCUT2D eigenvalue weighted by Crippen LogP contribution is -2.42. The van der Waals surface area contributed by atoms with E-state index in [9.17, 15) is 14.0 Å². The Balaban J connectivity index is 2.71. The van der Waals surface area contributed by atoms with Gasteiger partial charge in [-0.25, -0.2) is 4.39 Å². The molecule has 0 aliphatic carbocycles. The molecule has 0 radical (unpaired) electrons. The Bertz CT molecular complexity index is 480. The van der Waals surface area contributed by atoms with Gasteiger partial charge in [0.25, 0.3) is 0 Å². The van der Waals surface area contributed by atoms with Crippen LogP contribution < -0.4 is 5.32 Å². The van der Waals surface area contributed by atoms with E-state index in [0.717, 1.165) is 0 Å². The molecule has 0 heterocycles. The molecule has 0 saturated heterocycles. The summed E-state index contributed by atoms with van der Waals surface area (Å²) < 4.78 is 13.0. The van der Waals surface area contributed by atoms with E-state index >= 15 is 0 Å². The van der Waals surface area contributed by atoms with Crippen molar-refractivity contribution in [1.29, 1.82) is 0 Å². The Labute approximate surface area is 111 Å². The second-order valence-corrected chi connectivity index (χ2v) is 5.49. The summed E-state index contributed by atoms with van der Waals surface area (Å²) in [5.74, 6) is -3.26. The molecule has 0 bridgehead atoms. The highest BCUT2D eigenvalue weighted by Crippen LogP contribution is 2.26. The molecular formula is C14H18FNO3. The van der Waals surface area contributed by atoms with Gasteiger partial charge < -0.3 is 10.4 Å². The zero-order valence-electron chi connectivity index (χ0n) is 11.2. The van der Waals surface area contributed by atoms with Gasteiger partial charge in [0.05, 0.1) is 0 Å². The van der Waals surface area contributed by atoms with Gasteiger partial charge in [-0.1, -0.05) is 32.9 Å². The molecule has 1 aromatic rings. The minimum Gasteiger partial charge on any atom is -0.481 e. The van der Waals surface area contributed by atoms with E-state index in [1.165, 1.54) is 18.2 Å². The van der Waals surface area contributed by atoms with Crippen molar-refractivity contribution in [3.8, 4) is 0 Å². The molecule has 0 aliphatic rings. The average molecular weight is 267 g/mol. The highest BCUT2D eigenvalue weighted by molar-refractivity contribution is 5.97. The van der Waals surface area contributed by atoms with Crippen LogP contribution in [0.1, 0.15) is 26.3 Å². The maximum atomic E-state index is 13.0. The summed E-state index contributed by atoms with van der Waals surface area (Å²) in [7, 11) is 0. The van der Waals surface area contributed by atoms with Crippen LogP contribution in [0.3, 0.4) is 0 Å². The molecule has 0 spiro atoms. The Morgan fingerprint density at radius 3 is 2.47 bits per heavy atom. The zero-order chi connectivity index (χ0) is 14.6. The van der Waals surface area contributed by atoms with Gasteiger partial charge >= 0.3 is 5.97 Å². The third kappa shape index (κ3) is 4.35. The molecule has 104 valence electrons. The number of nitrogens with one attached hydrogen (secondary N) is 1. The summed E-state index contributed by atoms with van der Waals surface area (Å²) in [5, 5.41) is 11.6. The van der Waals surface area contributed by atoms with E-state index in [2.05, 4.69) is 5.32 Å². The van der Waals surface area contributed by atoms with Gasteiger partial charge in [-0.3, -0.25) is 9.59 Å². The molecule has 2 N–H and O–H groups in total. The van der Waals surface area contributed by atoms with Crippen molar-refractivity contribution in [3.05, 3.63) is 35.6 Å². The van der Waals surface area contributed by atoms with Crippen LogP contribution in [0.2, 0.25) is 0 Å². The quantitative estimate of drug-likeness (QED) is 0.822. The first kappa shape index (κ1) is 15.1. The fraction of sp³-hybridized carbons (Fsp3) is 0.429. The van der Waals surface area contributed by atoms with Crippen LogP contribution in [0, 0.1) is 17.2 Å². The molecule has 1 atom stereocenters. The minimum atomic E-state index is -1.16. The summed E-state index contributed by atoms with van der Waals surface area (Å²) >= 11 is 0. The first-order chi connectivity index (χ1) is 8.71. The number of rotatable bonds is 4. The van der Waals surface area contributed by atoms with Crippen molar-refractivity contribution in [1.82, 2.24) is 5.32 Å². The lowest BCUT2D eigenvalue weighted by molar-refractivity contribution is -0.151. The molecule has 1 amide bonds. The third-order valence-corrected chi connectivity index (χ3v) is 2.73. The number of carboxylic acid groups (broad SMARTS) is 1. The fourth-order valence-corrected chi connectivity index (χ4v) is 1.81. The monoisotopic (exact) mass is 267 g/mol. The fourth-order valence-electron chi connectivity index (χ4n) is 1.81. The molecule has 19 heavy (non-hydrogen) atoms. The molecule has 0 saturated carbocycles. The van der Waals surface area contributed by atoms with Crippen LogP contribution in [0.25, 0.3) is 0 Å². The molecule has 5 heteroatoms. The number of amides is 1. The summed E-state index contributed by atoms with van der Waals surface area (Å²) in [5.41, 5.74) is -0.0934. The first-order valence-electron chi connectivity index (χ1n) is 5.97. The maximum absolute atomic E-state index is 13.0.